The average molecular weight is 462 g/mol. The molecule has 5 heteroatoms. The largest absolute Gasteiger partial charge is 0.495 e. The highest BCUT2D eigenvalue weighted by atomic mass is 16.5. The molecule has 0 bridgehead atoms. The molecule has 2 heterocycles. The number of aromatic amines is 1. The zero-order chi connectivity index (χ0) is 23.9. The van der Waals surface area contributed by atoms with Crippen LogP contribution < -0.4 is 4.74 Å². The second kappa shape index (κ2) is 8.58. The maximum absolute atomic E-state index is 13.7. The van der Waals surface area contributed by atoms with E-state index in [1.807, 2.05) is 48.2 Å². The molecule has 1 aromatic heterocycles. The molecule has 174 valence electrons. The fourth-order valence-corrected chi connectivity index (χ4v) is 5.23. The van der Waals surface area contributed by atoms with E-state index in [1.54, 1.807) is 7.11 Å². The van der Waals surface area contributed by atoms with Gasteiger partial charge in [0.1, 0.15) is 11.6 Å². The molecule has 0 radical (unpaired) electrons. The lowest BCUT2D eigenvalue weighted by Gasteiger charge is -2.23. The van der Waals surface area contributed by atoms with Gasteiger partial charge in [-0.2, -0.15) is 0 Å². The van der Waals surface area contributed by atoms with Crippen molar-refractivity contribution in [1.82, 2.24) is 14.9 Å². The normalized spacial score (nSPS) is 13.6. The molecule has 1 N–H and O–H groups in total. The van der Waals surface area contributed by atoms with E-state index in [2.05, 4.69) is 46.4 Å². The summed E-state index contributed by atoms with van der Waals surface area (Å²) in [4.78, 5) is 23.6. The van der Waals surface area contributed by atoms with Crippen molar-refractivity contribution in [2.75, 3.05) is 13.7 Å². The fraction of sp³-hybridized carbons (Fsp3) is 0.200. The summed E-state index contributed by atoms with van der Waals surface area (Å²) in [7, 11) is 1.64. The van der Waals surface area contributed by atoms with Gasteiger partial charge in [0.05, 0.1) is 23.7 Å². The highest BCUT2D eigenvalue weighted by Crippen LogP contribution is 2.33. The first kappa shape index (κ1) is 21.4. The van der Waals surface area contributed by atoms with Crippen LogP contribution in [0.3, 0.4) is 0 Å². The SMILES string of the molecule is COc1c(C(=O)N2CCCc3ccc(-c4ccc5[nH]c(C)nc5c4)cc3C2)ccc2ccccc12. The second-order valence-corrected chi connectivity index (χ2v) is 9.24. The van der Waals surface area contributed by atoms with Crippen LogP contribution >= 0.6 is 0 Å². The van der Waals surface area contributed by atoms with E-state index in [1.165, 1.54) is 11.1 Å². The Hall–Kier alpha value is -4.12. The summed E-state index contributed by atoms with van der Waals surface area (Å²) in [5.41, 5.74) is 7.41. The molecular weight excluding hydrogens is 434 g/mol. The minimum Gasteiger partial charge on any atom is -0.495 e. The van der Waals surface area contributed by atoms with Gasteiger partial charge in [0.15, 0.2) is 0 Å². The zero-order valence-corrected chi connectivity index (χ0v) is 20.0. The molecule has 1 aliphatic rings. The van der Waals surface area contributed by atoms with Crippen LogP contribution in [0.5, 0.6) is 5.75 Å². The van der Waals surface area contributed by atoms with Crippen molar-refractivity contribution in [3.05, 3.63) is 95.3 Å². The number of benzene rings is 4. The van der Waals surface area contributed by atoms with E-state index >= 15 is 0 Å². The Morgan fingerprint density at radius 1 is 0.971 bits per heavy atom. The number of carbonyl (C=O) groups is 1. The molecular formula is C30H27N3O2. The van der Waals surface area contributed by atoms with Crippen molar-refractivity contribution in [2.45, 2.75) is 26.3 Å². The number of hydrogen-bond acceptors (Lipinski definition) is 3. The van der Waals surface area contributed by atoms with Gasteiger partial charge >= 0.3 is 0 Å². The van der Waals surface area contributed by atoms with Crippen molar-refractivity contribution < 1.29 is 9.53 Å². The number of H-pyrrole nitrogens is 1. The average Bonchev–Trinajstić information content (AvgIpc) is 3.12. The van der Waals surface area contributed by atoms with E-state index in [0.717, 1.165) is 58.1 Å². The molecule has 1 amide bonds. The van der Waals surface area contributed by atoms with E-state index < -0.39 is 0 Å². The zero-order valence-electron chi connectivity index (χ0n) is 20.0. The van der Waals surface area contributed by atoms with Gasteiger partial charge in [-0.15, -0.1) is 0 Å². The summed E-state index contributed by atoms with van der Waals surface area (Å²) in [5.74, 6) is 1.57. The summed E-state index contributed by atoms with van der Waals surface area (Å²) in [5, 5.41) is 2.03. The van der Waals surface area contributed by atoms with Crippen LogP contribution in [0, 0.1) is 6.92 Å². The molecule has 0 saturated carbocycles. The Morgan fingerprint density at radius 3 is 2.69 bits per heavy atom. The first-order valence-electron chi connectivity index (χ1n) is 12.0. The third-order valence-electron chi connectivity index (χ3n) is 6.98. The number of aromatic nitrogens is 2. The summed E-state index contributed by atoms with van der Waals surface area (Å²) < 4.78 is 5.73. The first-order valence-corrected chi connectivity index (χ1v) is 12.0. The Kier molecular flexibility index (Phi) is 5.25. The quantitative estimate of drug-likeness (QED) is 0.344. The molecule has 35 heavy (non-hydrogen) atoms. The van der Waals surface area contributed by atoms with E-state index in [4.69, 9.17) is 4.74 Å². The first-order chi connectivity index (χ1) is 17.1. The van der Waals surface area contributed by atoms with E-state index in [9.17, 15) is 4.79 Å². The molecule has 0 atom stereocenters. The van der Waals surface area contributed by atoms with Crippen LogP contribution in [-0.4, -0.2) is 34.4 Å². The molecule has 0 saturated heterocycles. The van der Waals surface area contributed by atoms with Gasteiger partial charge in [-0.25, -0.2) is 4.98 Å². The molecule has 4 aromatic carbocycles. The van der Waals surface area contributed by atoms with Gasteiger partial charge in [0.2, 0.25) is 0 Å². The van der Waals surface area contributed by atoms with E-state index in [-0.39, 0.29) is 5.91 Å². The molecule has 0 unspecified atom stereocenters. The third kappa shape index (κ3) is 3.83. The number of fused-ring (bicyclic) bond motifs is 3. The van der Waals surface area contributed by atoms with Crippen LogP contribution in [0.1, 0.15) is 33.7 Å². The van der Waals surface area contributed by atoms with Gasteiger partial charge < -0.3 is 14.6 Å². The number of nitrogens with one attached hydrogen (secondary N) is 1. The lowest BCUT2D eigenvalue weighted by Crippen LogP contribution is -2.31. The van der Waals surface area contributed by atoms with Crippen LogP contribution in [0.4, 0.5) is 0 Å². The lowest BCUT2D eigenvalue weighted by molar-refractivity contribution is 0.0743. The number of rotatable bonds is 3. The van der Waals surface area contributed by atoms with E-state index in [0.29, 0.717) is 17.9 Å². The molecule has 5 nitrogen and oxygen atoms in total. The maximum Gasteiger partial charge on any atom is 0.257 e. The number of amides is 1. The lowest BCUT2D eigenvalue weighted by atomic mass is 9.97. The van der Waals surface area contributed by atoms with Crippen molar-refractivity contribution in [2.24, 2.45) is 0 Å². The van der Waals surface area contributed by atoms with Gasteiger partial charge in [-0.05, 0) is 71.7 Å². The Balaban J connectivity index is 1.34. The maximum atomic E-state index is 13.7. The molecule has 6 rings (SSSR count). The third-order valence-corrected chi connectivity index (χ3v) is 6.98. The second-order valence-electron chi connectivity index (χ2n) is 9.24. The van der Waals surface area contributed by atoms with Crippen LogP contribution in [0.2, 0.25) is 0 Å². The minimum atomic E-state index is 0.0132. The van der Waals surface area contributed by atoms with Crippen LogP contribution in [-0.2, 0) is 13.0 Å². The summed E-state index contributed by atoms with van der Waals surface area (Å²) in [6.45, 7) is 3.28. The number of imidazole rings is 1. The monoisotopic (exact) mass is 461 g/mol. The number of aryl methyl sites for hydroxylation is 2. The summed E-state index contributed by atoms with van der Waals surface area (Å²) in [6, 6.07) is 24.9. The molecule has 1 aliphatic heterocycles. The topological polar surface area (TPSA) is 58.2 Å². The highest BCUT2D eigenvalue weighted by molar-refractivity contribution is 6.03. The van der Waals surface area contributed by atoms with Crippen LogP contribution in [0.15, 0.2) is 72.8 Å². The highest BCUT2D eigenvalue weighted by Gasteiger charge is 2.24. The van der Waals surface area contributed by atoms with Crippen LogP contribution in [0.25, 0.3) is 32.9 Å². The fourth-order valence-electron chi connectivity index (χ4n) is 5.23. The number of ether oxygens (including phenoxy) is 1. The van der Waals surface area contributed by atoms with Gasteiger partial charge in [-0.3, -0.25) is 4.79 Å². The predicted molar refractivity (Wildman–Crippen MR) is 140 cm³/mol. The smallest absolute Gasteiger partial charge is 0.257 e. The standard InChI is InChI=1S/C30H27N3O2/c1-19-31-27-14-12-23(17-28(27)32-19)22-10-9-20-7-5-15-33(18-24(20)16-22)30(34)26-13-11-21-6-3-4-8-25(21)29(26)35-2/h3-4,6,8-14,16-17H,5,7,15,18H2,1-2H3,(H,31,32). The van der Waals surface area contributed by atoms with Gasteiger partial charge in [0, 0.05) is 18.5 Å². The number of methoxy groups -OCH3 is 1. The van der Waals surface area contributed by atoms with Crippen molar-refractivity contribution in [3.8, 4) is 16.9 Å². The summed E-state index contributed by atoms with van der Waals surface area (Å²) in [6.07, 6.45) is 1.90. The minimum absolute atomic E-state index is 0.0132. The molecule has 0 fully saturated rings. The van der Waals surface area contributed by atoms with Crippen molar-refractivity contribution >= 4 is 27.7 Å². The number of nitrogens with zero attached hydrogens (tertiary/aromatic N) is 2. The number of carbonyl (C=O) groups excluding carboxylic acids is 1. The van der Waals surface area contributed by atoms with Crippen molar-refractivity contribution in [3.63, 3.8) is 0 Å². The number of hydrogen-bond donors (Lipinski definition) is 1. The van der Waals surface area contributed by atoms with Gasteiger partial charge in [0.25, 0.3) is 5.91 Å². The Labute approximate surface area is 204 Å². The molecule has 5 aromatic rings. The van der Waals surface area contributed by atoms with Gasteiger partial charge in [-0.1, -0.05) is 48.5 Å². The molecule has 0 spiro atoms. The van der Waals surface area contributed by atoms with Crippen molar-refractivity contribution in [1.29, 1.82) is 0 Å². The Bertz CT molecular complexity index is 1580. The predicted octanol–water partition coefficient (Wildman–Crippen LogP) is 6.29. The molecule has 0 aliphatic carbocycles. The Morgan fingerprint density at radius 2 is 1.80 bits per heavy atom. The summed E-state index contributed by atoms with van der Waals surface area (Å²) >= 11 is 0.